The van der Waals surface area contributed by atoms with Gasteiger partial charge in [-0.2, -0.15) is 0 Å². The smallest absolute Gasteiger partial charge is 0.131 e. The van der Waals surface area contributed by atoms with E-state index in [0.717, 1.165) is 36.8 Å². The number of hydrogen-bond acceptors (Lipinski definition) is 5. The fourth-order valence-electron chi connectivity index (χ4n) is 1.79. The lowest BCUT2D eigenvalue weighted by atomic mass is 10.2. The average Bonchev–Trinajstić information content (AvgIpc) is 2.36. The van der Waals surface area contributed by atoms with Crippen molar-refractivity contribution in [3.8, 4) is 0 Å². The molecule has 0 saturated carbocycles. The van der Waals surface area contributed by atoms with Crippen LogP contribution in [0.5, 0.6) is 0 Å². The van der Waals surface area contributed by atoms with Crippen molar-refractivity contribution in [2.75, 3.05) is 46.2 Å². The van der Waals surface area contributed by atoms with Crippen molar-refractivity contribution in [1.82, 2.24) is 20.2 Å². The van der Waals surface area contributed by atoms with E-state index in [9.17, 15) is 0 Å². The maximum Gasteiger partial charge on any atom is 0.131 e. The molecule has 1 heterocycles. The molecule has 0 atom stereocenters. The molecular formula is C14H27N5. The topological polar surface area (TPSA) is 44.3 Å². The maximum atomic E-state index is 4.68. The largest absolute Gasteiger partial charge is 0.371 e. The van der Waals surface area contributed by atoms with Crippen LogP contribution in [0.1, 0.15) is 31.3 Å². The third-order valence-corrected chi connectivity index (χ3v) is 3.02. The molecule has 19 heavy (non-hydrogen) atoms. The SMILES string of the molecule is CNCc1nc(C(C)C)ncc1N(C)CCN(C)C. The van der Waals surface area contributed by atoms with Crippen LogP contribution in [0.25, 0.3) is 0 Å². The first-order valence-electron chi connectivity index (χ1n) is 6.82. The molecule has 0 fully saturated rings. The van der Waals surface area contributed by atoms with Gasteiger partial charge in [-0.05, 0) is 21.1 Å². The first kappa shape index (κ1) is 15.9. The van der Waals surface area contributed by atoms with Gasteiger partial charge in [-0.3, -0.25) is 0 Å². The summed E-state index contributed by atoms with van der Waals surface area (Å²) in [4.78, 5) is 13.6. The van der Waals surface area contributed by atoms with E-state index in [4.69, 9.17) is 0 Å². The maximum absolute atomic E-state index is 4.68. The second-order valence-corrected chi connectivity index (χ2v) is 5.47. The Balaban J connectivity index is 2.91. The van der Waals surface area contributed by atoms with Crippen molar-refractivity contribution >= 4 is 5.69 Å². The van der Waals surface area contributed by atoms with Crippen LogP contribution >= 0.6 is 0 Å². The Hall–Kier alpha value is -1.20. The van der Waals surface area contributed by atoms with E-state index in [0.29, 0.717) is 5.92 Å². The van der Waals surface area contributed by atoms with Crippen molar-refractivity contribution < 1.29 is 0 Å². The fourth-order valence-corrected chi connectivity index (χ4v) is 1.79. The predicted molar refractivity (Wildman–Crippen MR) is 80.7 cm³/mol. The number of anilines is 1. The molecule has 1 rings (SSSR count). The molecule has 0 spiro atoms. The molecule has 108 valence electrons. The lowest BCUT2D eigenvalue weighted by Gasteiger charge is -2.23. The zero-order valence-electron chi connectivity index (χ0n) is 13.1. The second kappa shape index (κ2) is 7.40. The van der Waals surface area contributed by atoms with E-state index < -0.39 is 0 Å². The van der Waals surface area contributed by atoms with E-state index in [-0.39, 0.29) is 0 Å². The third kappa shape index (κ3) is 4.76. The van der Waals surface area contributed by atoms with Crippen LogP contribution in [0, 0.1) is 0 Å². The minimum atomic E-state index is 0.358. The Kier molecular flexibility index (Phi) is 6.18. The van der Waals surface area contributed by atoms with Gasteiger partial charge in [-0.25, -0.2) is 9.97 Å². The molecule has 0 saturated heterocycles. The van der Waals surface area contributed by atoms with Gasteiger partial charge >= 0.3 is 0 Å². The number of hydrogen-bond donors (Lipinski definition) is 1. The van der Waals surface area contributed by atoms with Gasteiger partial charge < -0.3 is 15.1 Å². The standard InChI is InChI=1S/C14H27N5/c1-11(2)14-16-10-13(12(17-14)9-15-3)19(6)8-7-18(4)5/h10-11,15H,7-9H2,1-6H3. The molecular weight excluding hydrogens is 238 g/mol. The lowest BCUT2D eigenvalue weighted by Crippen LogP contribution is -2.30. The fraction of sp³-hybridized carbons (Fsp3) is 0.714. The second-order valence-electron chi connectivity index (χ2n) is 5.47. The molecule has 0 amide bonds. The van der Waals surface area contributed by atoms with E-state index in [2.05, 4.69) is 60.1 Å². The van der Waals surface area contributed by atoms with Crippen LogP contribution in [-0.4, -0.2) is 56.1 Å². The van der Waals surface area contributed by atoms with Gasteiger partial charge in [-0.1, -0.05) is 13.8 Å². The van der Waals surface area contributed by atoms with Crippen molar-refractivity contribution in [3.05, 3.63) is 17.7 Å². The highest BCUT2D eigenvalue weighted by atomic mass is 15.2. The van der Waals surface area contributed by atoms with E-state index >= 15 is 0 Å². The van der Waals surface area contributed by atoms with Gasteiger partial charge in [0.2, 0.25) is 0 Å². The molecule has 0 aliphatic rings. The number of aromatic nitrogens is 2. The molecule has 5 nitrogen and oxygen atoms in total. The molecule has 0 unspecified atom stereocenters. The van der Waals surface area contributed by atoms with Crippen LogP contribution in [0.4, 0.5) is 5.69 Å². The third-order valence-electron chi connectivity index (χ3n) is 3.02. The molecule has 0 radical (unpaired) electrons. The first-order chi connectivity index (χ1) is 8.95. The van der Waals surface area contributed by atoms with Gasteiger partial charge in [0.05, 0.1) is 17.6 Å². The van der Waals surface area contributed by atoms with E-state index in [1.807, 2.05) is 13.2 Å². The van der Waals surface area contributed by atoms with Crippen LogP contribution < -0.4 is 10.2 Å². The number of likely N-dealkylation sites (N-methyl/N-ethyl adjacent to an activating group) is 2. The Morgan fingerprint density at radius 3 is 2.42 bits per heavy atom. The Morgan fingerprint density at radius 1 is 1.21 bits per heavy atom. The van der Waals surface area contributed by atoms with Crippen LogP contribution in [0.3, 0.4) is 0 Å². The summed E-state index contributed by atoms with van der Waals surface area (Å²) in [5.74, 6) is 1.27. The summed E-state index contributed by atoms with van der Waals surface area (Å²) in [7, 11) is 8.21. The molecule has 0 aliphatic carbocycles. The summed E-state index contributed by atoms with van der Waals surface area (Å²) < 4.78 is 0. The molecule has 0 bridgehead atoms. The van der Waals surface area contributed by atoms with Gasteiger partial charge in [0, 0.05) is 32.6 Å². The molecule has 5 heteroatoms. The van der Waals surface area contributed by atoms with Gasteiger partial charge in [0.15, 0.2) is 0 Å². The zero-order chi connectivity index (χ0) is 14.4. The van der Waals surface area contributed by atoms with Crippen molar-refractivity contribution in [2.45, 2.75) is 26.3 Å². The van der Waals surface area contributed by atoms with E-state index in [1.54, 1.807) is 0 Å². The molecule has 1 aromatic rings. The van der Waals surface area contributed by atoms with Gasteiger partial charge in [0.25, 0.3) is 0 Å². The van der Waals surface area contributed by atoms with Crippen LogP contribution in [0.2, 0.25) is 0 Å². The summed E-state index contributed by atoms with van der Waals surface area (Å²) >= 11 is 0. The number of nitrogens with one attached hydrogen (secondary N) is 1. The quantitative estimate of drug-likeness (QED) is 0.805. The first-order valence-corrected chi connectivity index (χ1v) is 6.82. The highest BCUT2D eigenvalue weighted by Gasteiger charge is 2.12. The highest BCUT2D eigenvalue weighted by molar-refractivity contribution is 5.48. The molecule has 1 N–H and O–H groups in total. The average molecular weight is 265 g/mol. The highest BCUT2D eigenvalue weighted by Crippen LogP contribution is 2.19. The number of rotatable bonds is 7. The minimum Gasteiger partial charge on any atom is -0.371 e. The zero-order valence-corrected chi connectivity index (χ0v) is 13.1. The minimum absolute atomic E-state index is 0.358. The molecule has 0 aromatic carbocycles. The van der Waals surface area contributed by atoms with Crippen molar-refractivity contribution in [1.29, 1.82) is 0 Å². The Morgan fingerprint density at radius 2 is 1.89 bits per heavy atom. The van der Waals surface area contributed by atoms with Crippen LogP contribution in [-0.2, 0) is 6.54 Å². The van der Waals surface area contributed by atoms with Crippen molar-refractivity contribution in [2.24, 2.45) is 0 Å². The summed E-state index contributed by atoms with van der Waals surface area (Å²) in [6.07, 6.45) is 1.95. The van der Waals surface area contributed by atoms with Crippen LogP contribution in [0.15, 0.2) is 6.20 Å². The summed E-state index contributed by atoms with van der Waals surface area (Å²) in [5, 5.41) is 3.18. The summed E-state index contributed by atoms with van der Waals surface area (Å²) in [5.41, 5.74) is 2.18. The monoisotopic (exact) mass is 265 g/mol. The lowest BCUT2D eigenvalue weighted by molar-refractivity contribution is 0.416. The molecule has 0 aliphatic heterocycles. The Bertz CT molecular complexity index is 389. The normalized spacial score (nSPS) is 11.4. The summed E-state index contributed by atoms with van der Waals surface area (Å²) in [6.45, 7) is 6.99. The summed E-state index contributed by atoms with van der Waals surface area (Å²) in [6, 6.07) is 0. The van der Waals surface area contributed by atoms with Gasteiger partial charge in [0.1, 0.15) is 5.82 Å². The van der Waals surface area contributed by atoms with Crippen molar-refractivity contribution in [3.63, 3.8) is 0 Å². The number of nitrogens with zero attached hydrogens (tertiary/aromatic N) is 4. The Labute approximate surface area is 117 Å². The van der Waals surface area contributed by atoms with Gasteiger partial charge in [-0.15, -0.1) is 0 Å². The predicted octanol–water partition coefficient (Wildman–Crippen LogP) is 1.32. The molecule has 1 aromatic heterocycles. The van der Waals surface area contributed by atoms with E-state index in [1.165, 1.54) is 0 Å².